The van der Waals surface area contributed by atoms with E-state index in [1.807, 2.05) is 0 Å². The van der Waals surface area contributed by atoms with Crippen LogP contribution in [0.2, 0.25) is 0 Å². The van der Waals surface area contributed by atoms with Gasteiger partial charge in [0, 0.05) is 19.6 Å². The number of hydrogen-bond acceptors (Lipinski definition) is 3. The Labute approximate surface area is 93.3 Å². The van der Waals surface area contributed by atoms with Crippen LogP contribution in [0.5, 0.6) is 0 Å². The van der Waals surface area contributed by atoms with Crippen molar-refractivity contribution < 1.29 is 8.42 Å². The van der Waals surface area contributed by atoms with Crippen LogP contribution in [0.1, 0.15) is 20.3 Å². The zero-order valence-electron chi connectivity index (χ0n) is 9.94. The molecule has 90 valence electrons. The standard InChI is InChI=1S/C10H22N2O2S/c1-4-11(5-2)8-10-6-7-12(9-10)15(3,13)14/h10H,4-9H2,1-3H3/t10-/m0/s1. The van der Waals surface area contributed by atoms with Crippen molar-refractivity contribution in [2.75, 3.05) is 39.0 Å². The van der Waals surface area contributed by atoms with E-state index in [0.29, 0.717) is 19.0 Å². The number of sulfonamides is 1. The molecule has 1 rings (SSSR count). The Morgan fingerprint density at radius 3 is 2.33 bits per heavy atom. The van der Waals surface area contributed by atoms with Gasteiger partial charge < -0.3 is 4.90 Å². The first-order chi connectivity index (χ1) is 6.97. The molecule has 0 unspecified atom stereocenters. The molecule has 0 radical (unpaired) electrons. The van der Waals surface area contributed by atoms with Gasteiger partial charge in [-0.25, -0.2) is 12.7 Å². The Kier molecular flexibility index (Phi) is 4.55. The molecule has 0 N–H and O–H groups in total. The van der Waals surface area contributed by atoms with Gasteiger partial charge in [0.1, 0.15) is 0 Å². The highest BCUT2D eigenvalue weighted by atomic mass is 32.2. The van der Waals surface area contributed by atoms with Gasteiger partial charge in [-0.1, -0.05) is 13.8 Å². The maximum atomic E-state index is 11.3. The summed E-state index contributed by atoms with van der Waals surface area (Å²) in [6.45, 7) is 8.82. The minimum Gasteiger partial charge on any atom is -0.304 e. The van der Waals surface area contributed by atoms with Gasteiger partial charge in [0.15, 0.2) is 0 Å². The van der Waals surface area contributed by atoms with E-state index in [1.165, 1.54) is 6.26 Å². The molecule has 0 bridgehead atoms. The van der Waals surface area contributed by atoms with Crippen molar-refractivity contribution in [2.24, 2.45) is 5.92 Å². The van der Waals surface area contributed by atoms with Crippen molar-refractivity contribution in [1.29, 1.82) is 0 Å². The van der Waals surface area contributed by atoms with E-state index >= 15 is 0 Å². The average molecular weight is 234 g/mol. The molecule has 5 heteroatoms. The summed E-state index contributed by atoms with van der Waals surface area (Å²) in [4.78, 5) is 2.36. The highest BCUT2D eigenvalue weighted by Crippen LogP contribution is 2.19. The summed E-state index contributed by atoms with van der Waals surface area (Å²) in [5.74, 6) is 0.514. The van der Waals surface area contributed by atoms with Crippen LogP contribution in [-0.2, 0) is 10.0 Å². The van der Waals surface area contributed by atoms with Gasteiger partial charge in [-0.15, -0.1) is 0 Å². The van der Waals surface area contributed by atoms with Crippen molar-refractivity contribution in [1.82, 2.24) is 9.21 Å². The summed E-state index contributed by atoms with van der Waals surface area (Å²) in [6.07, 6.45) is 2.30. The largest absolute Gasteiger partial charge is 0.304 e. The minimum absolute atomic E-state index is 0.514. The first-order valence-corrected chi connectivity index (χ1v) is 7.49. The summed E-state index contributed by atoms with van der Waals surface area (Å²) in [5.41, 5.74) is 0. The fourth-order valence-electron chi connectivity index (χ4n) is 2.09. The Morgan fingerprint density at radius 1 is 1.33 bits per heavy atom. The van der Waals surface area contributed by atoms with Crippen molar-refractivity contribution >= 4 is 10.0 Å². The van der Waals surface area contributed by atoms with Gasteiger partial charge in [-0.2, -0.15) is 0 Å². The van der Waals surface area contributed by atoms with E-state index in [9.17, 15) is 8.42 Å². The molecule has 0 aromatic carbocycles. The molecular weight excluding hydrogens is 212 g/mol. The third kappa shape index (κ3) is 3.74. The molecule has 1 aliphatic rings. The van der Waals surface area contributed by atoms with E-state index in [1.54, 1.807) is 4.31 Å². The lowest BCUT2D eigenvalue weighted by atomic mass is 10.1. The lowest BCUT2D eigenvalue weighted by Crippen LogP contribution is -2.32. The van der Waals surface area contributed by atoms with Crippen molar-refractivity contribution in [3.8, 4) is 0 Å². The van der Waals surface area contributed by atoms with Gasteiger partial charge in [-0.05, 0) is 25.4 Å². The molecule has 0 amide bonds. The maximum absolute atomic E-state index is 11.3. The van der Waals surface area contributed by atoms with Gasteiger partial charge >= 0.3 is 0 Å². The van der Waals surface area contributed by atoms with Crippen molar-refractivity contribution in [3.05, 3.63) is 0 Å². The molecule has 0 aromatic rings. The highest BCUT2D eigenvalue weighted by Gasteiger charge is 2.28. The molecule has 15 heavy (non-hydrogen) atoms. The highest BCUT2D eigenvalue weighted by molar-refractivity contribution is 7.88. The predicted octanol–water partition coefficient (Wildman–Crippen LogP) is 0.610. The number of rotatable bonds is 5. The predicted molar refractivity (Wildman–Crippen MR) is 62.3 cm³/mol. The second kappa shape index (κ2) is 5.27. The zero-order chi connectivity index (χ0) is 11.5. The van der Waals surface area contributed by atoms with E-state index in [0.717, 1.165) is 26.1 Å². The first-order valence-electron chi connectivity index (χ1n) is 5.64. The zero-order valence-corrected chi connectivity index (χ0v) is 10.8. The topological polar surface area (TPSA) is 40.6 Å². The van der Waals surface area contributed by atoms with Crippen molar-refractivity contribution in [3.63, 3.8) is 0 Å². The SMILES string of the molecule is CCN(CC)C[C@@H]1CCN(S(C)(=O)=O)C1. The van der Waals surface area contributed by atoms with Crippen LogP contribution in [0.3, 0.4) is 0 Å². The molecule has 1 heterocycles. The van der Waals surface area contributed by atoms with E-state index in [4.69, 9.17) is 0 Å². The Bertz CT molecular complexity index is 286. The number of nitrogens with zero attached hydrogens (tertiary/aromatic N) is 2. The van der Waals surface area contributed by atoms with E-state index in [-0.39, 0.29) is 0 Å². The summed E-state index contributed by atoms with van der Waals surface area (Å²) < 4.78 is 24.2. The quantitative estimate of drug-likeness (QED) is 0.700. The normalized spacial score (nSPS) is 23.9. The Balaban J connectivity index is 2.43. The van der Waals surface area contributed by atoms with Crippen LogP contribution in [0.25, 0.3) is 0 Å². The van der Waals surface area contributed by atoms with Crippen molar-refractivity contribution in [2.45, 2.75) is 20.3 Å². The molecule has 0 aliphatic carbocycles. The van der Waals surface area contributed by atoms with Gasteiger partial charge in [0.25, 0.3) is 0 Å². The lowest BCUT2D eigenvalue weighted by molar-refractivity contribution is 0.256. The second-order valence-corrected chi connectivity index (χ2v) is 6.24. The molecular formula is C10H22N2O2S. The van der Waals surface area contributed by atoms with Crippen LogP contribution >= 0.6 is 0 Å². The van der Waals surface area contributed by atoms with Gasteiger partial charge in [0.05, 0.1) is 6.26 Å². The monoisotopic (exact) mass is 234 g/mol. The van der Waals surface area contributed by atoms with Crippen LogP contribution in [0.4, 0.5) is 0 Å². The molecule has 1 fully saturated rings. The van der Waals surface area contributed by atoms with E-state index < -0.39 is 10.0 Å². The summed E-state index contributed by atoms with van der Waals surface area (Å²) in [7, 11) is -2.97. The third-order valence-electron chi connectivity index (χ3n) is 3.13. The Hall–Kier alpha value is -0.130. The first kappa shape index (κ1) is 12.9. The summed E-state index contributed by atoms with van der Waals surface area (Å²) >= 11 is 0. The lowest BCUT2D eigenvalue weighted by Gasteiger charge is -2.22. The molecule has 1 atom stereocenters. The second-order valence-electron chi connectivity index (χ2n) is 4.26. The van der Waals surface area contributed by atoms with Gasteiger partial charge in [0.2, 0.25) is 10.0 Å². The summed E-state index contributed by atoms with van der Waals surface area (Å²) in [5, 5.41) is 0. The molecule has 0 saturated carbocycles. The fraction of sp³-hybridized carbons (Fsp3) is 1.00. The third-order valence-corrected chi connectivity index (χ3v) is 4.40. The molecule has 0 spiro atoms. The summed E-state index contributed by atoms with van der Waals surface area (Å²) in [6, 6.07) is 0. The molecule has 0 aromatic heterocycles. The minimum atomic E-state index is -2.97. The van der Waals surface area contributed by atoms with Crippen LogP contribution in [0.15, 0.2) is 0 Å². The van der Waals surface area contributed by atoms with Crippen LogP contribution in [-0.4, -0.2) is 56.6 Å². The molecule has 1 aliphatic heterocycles. The molecule has 1 saturated heterocycles. The Morgan fingerprint density at radius 2 is 1.93 bits per heavy atom. The van der Waals surface area contributed by atoms with Gasteiger partial charge in [-0.3, -0.25) is 0 Å². The number of hydrogen-bond donors (Lipinski definition) is 0. The van der Waals surface area contributed by atoms with E-state index in [2.05, 4.69) is 18.7 Å². The smallest absolute Gasteiger partial charge is 0.211 e. The fourth-order valence-corrected chi connectivity index (χ4v) is 3.01. The van der Waals surface area contributed by atoms with Crippen LogP contribution in [0, 0.1) is 5.92 Å². The molecule has 4 nitrogen and oxygen atoms in total. The average Bonchev–Trinajstić information content (AvgIpc) is 2.61. The maximum Gasteiger partial charge on any atom is 0.211 e. The van der Waals surface area contributed by atoms with Crippen LogP contribution < -0.4 is 0 Å².